The number of benzene rings is 1. The normalized spacial score (nSPS) is 11.6. The monoisotopic (exact) mass is 422 g/mol. The Morgan fingerprint density at radius 3 is 2.56 bits per heavy atom. The van der Waals surface area contributed by atoms with Crippen molar-refractivity contribution in [1.82, 2.24) is 14.7 Å². The van der Waals surface area contributed by atoms with E-state index in [1.807, 2.05) is 28.9 Å². The van der Waals surface area contributed by atoms with Gasteiger partial charge in [-0.15, -0.1) is 0 Å². The van der Waals surface area contributed by atoms with E-state index >= 15 is 0 Å². The van der Waals surface area contributed by atoms with Crippen molar-refractivity contribution in [3.05, 3.63) is 64.5 Å². The van der Waals surface area contributed by atoms with E-state index < -0.39 is 10.0 Å². The molecule has 0 spiro atoms. The maximum Gasteiger partial charge on any atom is 0.238 e. The summed E-state index contributed by atoms with van der Waals surface area (Å²) in [5.41, 5.74) is 2.24. The number of rotatable bonds is 5. The highest BCUT2D eigenvalue weighted by molar-refractivity contribution is 9.10. The number of imidazole rings is 1. The van der Waals surface area contributed by atoms with Crippen LogP contribution in [0.1, 0.15) is 11.3 Å². The molecule has 0 saturated heterocycles. The Labute approximate surface area is 153 Å². The van der Waals surface area contributed by atoms with E-state index in [1.165, 1.54) is 12.1 Å². The molecule has 3 N–H and O–H groups in total. The molecule has 3 rings (SSSR count). The Morgan fingerprint density at radius 2 is 1.88 bits per heavy atom. The summed E-state index contributed by atoms with van der Waals surface area (Å²) in [4.78, 5) is 16.5. The van der Waals surface area contributed by atoms with Gasteiger partial charge in [-0.2, -0.15) is 0 Å². The van der Waals surface area contributed by atoms with Crippen LogP contribution in [0.4, 0.5) is 0 Å². The van der Waals surface area contributed by atoms with Crippen molar-refractivity contribution in [1.29, 1.82) is 0 Å². The molecule has 0 aliphatic heterocycles. The highest BCUT2D eigenvalue weighted by atomic mass is 79.9. The largest absolute Gasteiger partial charge is 0.350 e. The fourth-order valence-electron chi connectivity index (χ4n) is 2.34. The van der Waals surface area contributed by atoms with Crippen LogP contribution in [0.25, 0.3) is 5.65 Å². The maximum absolute atomic E-state index is 12.0. The van der Waals surface area contributed by atoms with Crippen molar-refractivity contribution in [2.24, 2.45) is 5.14 Å². The molecule has 1 aromatic carbocycles. The van der Waals surface area contributed by atoms with Gasteiger partial charge in [-0.05, 0) is 45.8 Å². The van der Waals surface area contributed by atoms with Crippen LogP contribution in [-0.4, -0.2) is 23.7 Å². The number of hydrogen-bond acceptors (Lipinski definition) is 4. The molecule has 0 bridgehead atoms. The zero-order valence-corrected chi connectivity index (χ0v) is 15.4. The van der Waals surface area contributed by atoms with Gasteiger partial charge < -0.3 is 9.72 Å². The first kappa shape index (κ1) is 17.6. The minimum Gasteiger partial charge on any atom is -0.350 e. The number of carbonyl (C=O) groups excluding carboxylic acids is 1. The SMILES string of the molecule is NS(=O)(=O)c1ccc(CC(=O)NCc2cn3cc(Br)ccc3n2)cc1. The Bertz CT molecular complexity index is 1030. The second-order valence-corrected chi connectivity index (χ2v) is 7.96. The summed E-state index contributed by atoms with van der Waals surface area (Å²) in [7, 11) is -3.72. The third kappa shape index (κ3) is 4.44. The van der Waals surface area contributed by atoms with Gasteiger partial charge in [0.05, 0.1) is 23.6 Å². The number of halogens is 1. The Kier molecular flexibility index (Phi) is 4.89. The first-order chi connectivity index (χ1) is 11.8. The van der Waals surface area contributed by atoms with Gasteiger partial charge in [0.15, 0.2) is 0 Å². The van der Waals surface area contributed by atoms with E-state index in [1.54, 1.807) is 12.1 Å². The van der Waals surface area contributed by atoms with E-state index in [2.05, 4.69) is 26.2 Å². The summed E-state index contributed by atoms with van der Waals surface area (Å²) in [5.74, 6) is -0.179. The van der Waals surface area contributed by atoms with Crippen molar-refractivity contribution >= 4 is 37.5 Å². The first-order valence-electron chi connectivity index (χ1n) is 7.33. The van der Waals surface area contributed by atoms with Crippen LogP contribution in [0, 0.1) is 0 Å². The lowest BCUT2D eigenvalue weighted by molar-refractivity contribution is -0.120. The smallest absolute Gasteiger partial charge is 0.238 e. The number of nitrogens with two attached hydrogens (primary N) is 1. The number of pyridine rings is 1. The lowest BCUT2D eigenvalue weighted by Crippen LogP contribution is -2.24. The van der Waals surface area contributed by atoms with Crippen molar-refractivity contribution in [3.8, 4) is 0 Å². The number of aromatic nitrogens is 2. The molecule has 9 heteroatoms. The third-order valence-corrected chi connectivity index (χ3v) is 4.95. The molecule has 2 aromatic heterocycles. The zero-order valence-electron chi connectivity index (χ0n) is 13.0. The molecular formula is C16H15BrN4O3S. The lowest BCUT2D eigenvalue weighted by atomic mass is 10.1. The predicted molar refractivity (Wildman–Crippen MR) is 96.3 cm³/mol. The first-order valence-corrected chi connectivity index (χ1v) is 9.67. The van der Waals surface area contributed by atoms with E-state index in [0.29, 0.717) is 12.1 Å². The number of hydrogen-bond donors (Lipinski definition) is 2. The van der Waals surface area contributed by atoms with E-state index in [9.17, 15) is 13.2 Å². The van der Waals surface area contributed by atoms with Gasteiger partial charge in [-0.3, -0.25) is 4.79 Å². The molecule has 130 valence electrons. The topological polar surface area (TPSA) is 107 Å². The molecule has 25 heavy (non-hydrogen) atoms. The summed E-state index contributed by atoms with van der Waals surface area (Å²) in [6.07, 6.45) is 3.88. The van der Waals surface area contributed by atoms with Gasteiger partial charge in [0.2, 0.25) is 15.9 Å². The fraction of sp³-hybridized carbons (Fsp3) is 0.125. The van der Waals surface area contributed by atoms with E-state index in [-0.39, 0.29) is 17.2 Å². The van der Waals surface area contributed by atoms with Gasteiger partial charge in [0.1, 0.15) is 5.65 Å². The maximum atomic E-state index is 12.0. The average Bonchev–Trinajstić information content (AvgIpc) is 2.94. The third-order valence-electron chi connectivity index (χ3n) is 3.55. The number of fused-ring (bicyclic) bond motifs is 1. The molecule has 7 nitrogen and oxygen atoms in total. The second-order valence-electron chi connectivity index (χ2n) is 5.49. The van der Waals surface area contributed by atoms with E-state index in [0.717, 1.165) is 15.8 Å². The number of primary sulfonamides is 1. The molecule has 0 saturated carbocycles. The van der Waals surface area contributed by atoms with Crippen LogP contribution in [-0.2, 0) is 27.8 Å². The lowest BCUT2D eigenvalue weighted by Gasteiger charge is -2.04. The van der Waals surface area contributed by atoms with Gasteiger partial charge in [-0.1, -0.05) is 12.1 Å². The highest BCUT2D eigenvalue weighted by Crippen LogP contribution is 2.13. The summed E-state index contributed by atoms with van der Waals surface area (Å²) in [5, 5.41) is 7.84. The Balaban J connectivity index is 1.60. The molecular weight excluding hydrogens is 408 g/mol. The molecule has 1 amide bonds. The predicted octanol–water partition coefficient (Wildman–Crippen LogP) is 1.60. The number of sulfonamides is 1. The van der Waals surface area contributed by atoms with Crippen LogP contribution in [0.5, 0.6) is 0 Å². The van der Waals surface area contributed by atoms with Crippen molar-refractivity contribution in [2.45, 2.75) is 17.9 Å². The average molecular weight is 423 g/mol. The van der Waals surface area contributed by atoms with Crippen molar-refractivity contribution < 1.29 is 13.2 Å². The molecule has 0 aliphatic carbocycles. The van der Waals surface area contributed by atoms with Crippen LogP contribution in [0.15, 0.2) is 58.2 Å². The van der Waals surface area contributed by atoms with Crippen LogP contribution in [0.2, 0.25) is 0 Å². The molecule has 0 atom stereocenters. The molecule has 3 aromatic rings. The Hall–Kier alpha value is -2.23. The molecule has 0 fully saturated rings. The fourth-order valence-corrected chi connectivity index (χ4v) is 3.20. The molecule has 0 aliphatic rings. The minimum atomic E-state index is -3.72. The van der Waals surface area contributed by atoms with Crippen LogP contribution in [0.3, 0.4) is 0 Å². The van der Waals surface area contributed by atoms with Crippen LogP contribution >= 0.6 is 15.9 Å². The Morgan fingerprint density at radius 1 is 1.16 bits per heavy atom. The molecule has 0 unspecified atom stereocenters. The summed E-state index contributed by atoms with van der Waals surface area (Å²) >= 11 is 3.39. The van der Waals surface area contributed by atoms with Gasteiger partial charge in [0, 0.05) is 16.9 Å². The number of carbonyl (C=O) groups is 1. The number of amides is 1. The van der Waals surface area contributed by atoms with Gasteiger partial charge >= 0.3 is 0 Å². The van der Waals surface area contributed by atoms with E-state index in [4.69, 9.17) is 5.14 Å². The quantitative estimate of drug-likeness (QED) is 0.650. The highest BCUT2D eigenvalue weighted by Gasteiger charge is 2.09. The van der Waals surface area contributed by atoms with Gasteiger partial charge in [0.25, 0.3) is 0 Å². The van der Waals surface area contributed by atoms with Crippen molar-refractivity contribution in [2.75, 3.05) is 0 Å². The molecule has 2 heterocycles. The van der Waals surface area contributed by atoms with Crippen LogP contribution < -0.4 is 10.5 Å². The summed E-state index contributed by atoms with van der Waals surface area (Å²) in [6.45, 7) is 0.313. The summed E-state index contributed by atoms with van der Waals surface area (Å²) < 4.78 is 25.2. The minimum absolute atomic E-state index is 0.0209. The number of nitrogens with zero attached hydrogens (tertiary/aromatic N) is 2. The second kappa shape index (κ2) is 6.95. The summed E-state index contributed by atoms with van der Waals surface area (Å²) in [6, 6.07) is 9.69. The standard InChI is InChI=1S/C16H15BrN4O3S/c17-12-3-6-15-20-13(10-21(15)9-12)8-19-16(22)7-11-1-4-14(5-2-11)25(18,23)24/h1-6,9-10H,7-8H2,(H,19,22)(H2,18,23,24). The molecule has 0 radical (unpaired) electrons. The zero-order chi connectivity index (χ0) is 18.0. The van der Waals surface area contributed by atoms with Crippen molar-refractivity contribution in [3.63, 3.8) is 0 Å². The van der Waals surface area contributed by atoms with Gasteiger partial charge in [-0.25, -0.2) is 18.5 Å². The number of nitrogens with one attached hydrogen (secondary N) is 1.